The fraction of sp³-hybridized carbons (Fsp3) is 0.613. The van der Waals surface area contributed by atoms with Crippen LogP contribution in [0.3, 0.4) is 0 Å². The summed E-state index contributed by atoms with van der Waals surface area (Å²) in [5, 5.41) is 73.8. The van der Waals surface area contributed by atoms with E-state index in [4.69, 9.17) is 17.2 Å². The van der Waals surface area contributed by atoms with Crippen LogP contribution in [0.1, 0.15) is 163 Å². The highest BCUT2D eigenvalue weighted by molar-refractivity contribution is 6.00. The number of nitrogens with one attached hydrogen (secondary N) is 14. The van der Waals surface area contributed by atoms with Gasteiger partial charge in [0.1, 0.15) is 72.5 Å². The first-order chi connectivity index (χ1) is 52.8. The summed E-state index contributed by atoms with van der Waals surface area (Å²) >= 11 is 0. The summed E-state index contributed by atoms with van der Waals surface area (Å²) in [6, 6.07) is -2.60. The third-order valence-electron chi connectivity index (χ3n) is 18.5. The molecule has 0 spiro atoms. The molecule has 0 saturated carbocycles. The molecular weight excluding hydrogens is 1440 g/mol. The molecule has 2 aromatic carbocycles. The molecule has 0 radical (unpaired) electrons. The van der Waals surface area contributed by atoms with E-state index < -0.39 is 200 Å². The Morgan fingerprint density at radius 3 is 1.34 bits per heavy atom. The molecule has 3 rings (SSSR count). The van der Waals surface area contributed by atoms with Gasteiger partial charge in [0.15, 0.2) is 0 Å². The zero-order chi connectivity index (χ0) is 82.9. The number of hydrogen-bond acceptors (Lipinski definition) is 20. The van der Waals surface area contributed by atoms with Crippen molar-refractivity contribution in [2.45, 2.75) is 237 Å². The number of aliphatic hydroxyl groups excluding tert-OH is 2. The van der Waals surface area contributed by atoms with Crippen LogP contribution >= 0.6 is 0 Å². The lowest BCUT2D eigenvalue weighted by Gasteiger charge is -2.30. The summed E-state index contributed by atoms with van der Waals surface area (Å²) in [6.07, 6.45) is 5.05. The summed E-state index contributed by atoms with van der Waals surface area (Å²) in [5.41, 5.74) is 19.1. The zero-order valence-corrected chi connectivity index (χ0v) is 64.8. The maximum atomic E-state index is 14.6. The first-order valence-corrected chi connectivity index (χ1v) is 38.0. The van der Waals surface area contributed by atoms with Gasteiger partial charge in [-0.05, 0) is 113 Å². The third kappa shape index (κ3) is 33.5. The van der Waals surface area contributed by atoms with Crippen LogP contribution in [0.4, 0.5) is 0 Å². The summed E-state index contributed by atoms with van der Waals surface area (Å²) < 4.78 is 0. The van der Waals surface area contributed by atoms with Crippen molar-refractivity contribution < 1.29 is 92.3 Å². The van der Waals surface area contributed by atoms with Gasteiger partial charge in [0.05, 0.1) is 19.8 Å². The van der Waals surface area contributed by atoms with Crippen LogP contribution in [-0.4, -0.2) is 226 Å². The molecule has 0 aliphatic carbocycles. The van der Waals surface area contributed by atoms with Crippen molar-refractivity contribution in [1.82, 2.24) is 74.1 Å². The Kier molecular flexibility index (Phi) is 43.3. The predicted molar refractivity (Wildman–Crippen MR) is 410 cm³/mol. The largest absolute Gasteiger partial charge is 0.481 e. The monoisotopic (exact) mass is 1560 g/mol. The van der Waals surface area contributed by atoms with Crippen molar-refractivity contribution in [3.63, 3.8) is 0 Å². The number of hydrogen-bond donors (Lipinski definition) is 21. The Morgan fingerprint density at radius 1 is 0.405 bits per heavy atom. The van der Waals surface area contributed by atoms with Gasteiger partial charge in [0.2, 0.25) is 76.8 Å². The van der Waals surface area contributed by atoms with Gasteiger partial charge in [0, 0.05) is 42.8 Å². The summed E-state index contributed by atoms with van der Waals surface area (Å²) in [6.45, 7) is 10.5. The smallest absolute Gasteiger partial charge is 0.325 e. The number of benzene rings is 2. The van der Waals surface area contributed by atoms with Crippen molar-refractivity contribution in [1.29, 1.82) is 0 Å². The van der Waals surface area contributed by atoms with Gasteiger partial charge in [-0.15, -0.1) is 0 Å². The molecule has 36 nitrogen and oxygen atoms in total. The highest BCUT2D eigenvalue weighted by atomic mass is 16.4. The second-order valence-electron chi connectivity index (χ2n) is 28.2. The van der Waals surface area contributed by atoms with E-state index in [1.807, 2.05) is 0 Å². The Hall–Kier alpha value is -10.2. The van der Waals surface area contributed by atoms with Gasteiger partial charge in [-0.2, -0.15) is 0 Å². The highest BCUT2D eigenvalue weighted by Gasteiger charge is 2.38. The van der Waals surface area contributed by atoms with Crippen molar-refractivity contribution >= 4 is 99.6 Å². The number of aliphatic carboxylic acids is 2. The van der Waals surface area contributed by atoms with E-state index in [-0.39, 0.29) is 89.2 Å². The van der Waals surface area contributed by atoms with E-state index >= 15 is 0 Å². The number of aromatic amines is 1. The Bertz CT molecular complexity index is 3540. The van der Waals surface area contributed by atoms with Crippen molar-refractivity contribution in [2.24, 2.45) is 35.0 Å². The summed E-state index contributed by atoms with van der Waals surface area (Å²) in [7, 11) is 0. The molecule has 0 saturated heterocycles. The van der Waals surface area contributed by atoms with Gasteiger partial charge in [-0.1, -0.05) is 129 Å². The van der Waals surface area contributed by atoms with Crippen molar-refractivity contribution in [3.8, 4) is 0 Å². The van der Waals surface area contributed by atoms with E-state index in [1.165, 1.54) is 6.92 Å². The average molecular weight is 1560 g/mol. The lowest BCUT2D eigenvalue weighted by Crippen LogP contribution is -2.62. The zero-order valence-electron chi connectivity index (χ0n) is 64.8. The Labute approximate surface area is 646 Å². The maximum absolute atomic E-state index is 14.6. The lowest BCUT2D eigenvalue weighted by atomic mass is 9.96. The van der Waals surface area contributed by atoms with Gasteiger partial charge >= 0.3 is 11.9 Å². The van der Waals surface area contributed by atoms with Crippen LogP contribution in [0.25, 0.3) is 10.9 Å². The van der Waals surface area contributed by atoms with Gasteiger partial charge in [0.25, 0.3) is 0 Å². The summed E-state index contributed by atoms with van der Waals surface area (Å²) in [5.74, 6) is -16.0. The molecule has 0 bridgehead atoms. The maximum Gasteiger partial charge on any atom is 0.325 e. The first kappa shape index (κ1) is 95.0. The number of H-pyrrole nitrogens is 1. The van der Waals surface area contributed by atoms with E-state index in [2.05, 4.69) is 81.0 Å². The minimum absolute atomic E-state index is 0.00980. The number of carbonyl (C=O) groups excluding carboxylic acids is 13. The fourth-order valence-corrected chi connectivity index (χ4v) is 11.7. The lowest BCUT2D eigenvalue weighted by molar-refractivity contribution is -0.142. The van der Waals surface area contributed by atoms with Gasteiger partial charge < -0.3 is 112 Å². The molecule has 13 atom stereocenters. The van der Waals surface area contributed by atoms with Gasteiger partial charge in [-0.3, -0.25) is 71.9 Å². The molecule has 3 aromatic rings. The number of carboxylic acids is 2. The van der Waals surface area contributed by atoms with E-state index in [0.29, 0.717) is 34.9 Å². The van der Waals surface area contributed by atoms with E-state index in [0.717, 1.165) is 25.7 Å². The number of carbonyl (C=O) groups is 15. The first-order valence-electron chi connectivity index (χ1n) is 38.0. The Morgan fingerprint density at radius 2 is 0.829 bits per heavy atom. The SMILES string of the molecule is CCCCCCCC(=O)N[C@@H](C(=O)N[C@H](CCCN)C(=O)NCC(=O)N[C@H](CO)C(=O)N[C@H](Cc1c[nH]c2ccccc12)C(=O)N[C@@H](CO)C(=O)N[C@@H](CCCN)C(=O)N[C@H](CCCN)C(=O)N[C@@H](Cc1ccccc1)C(=O)N[C@@H](CCC(=O)O)C(=O)N[C@H](C(=O)N[C@@H](C(=O)N[C@@H](C)C(=O)O)[C@@H](C)CC)C(C)C)C(C)C. The van der Waals surface area contributed by atoms with Crippen LogP contribution < -0.4 is 86.3 Å². The number of rotatable bonds is 54. The second-order valence-corrected chi connectivity index (χ2v) is 28.2. The molecule has 0 aliphatic heterocycles. The summed E-state index contributed by atoms with van der Waals surface area (Å²) in [4.78, 5) is 208. The van der Waals surface area contributed by atoms with Crippen LogP contribution in [-0.2, 0) is 84.8 Å². The molecular formula is C75H119N17O19. The number of unbranched alkanes of at least 4 members (excludes halogenated alkanes) is 4. The average Bonchev–Trinajstić information content (AvgIpc) is 1.68. The molecule has 111 heavy (non-hydrogen) atoms. The number of amides is 13. The molecule has 24 N–H and O–H groups in total. The number of nitrogens with two attached hydrogens (primary N) is 3. The number of fused-ring (bicyclic) bond motifs is 1. The number of para-hydroxylation sites is 1. The standard InChI is InChI=1S/C75H119N17O19/c1-9-11-12-13-17-30-58(95)90-61(42(3)4)72(107)86-50(27-20-33-76)64(99)80-39-59(96)82-56(40-93)70(105)88-55(37-47-38-79-49-26-19-18-25-48(47)49)69(104)89-57(41-94)71(106)84-51(28-21-34-77)65(100)83-52(29-22-35-78)66(101)87-54(36-46-23-15-14-16-24-46)68(103)85-53(31-32-60(97)98)67(102)91-62(43(5)6)73(108)92-63(44(7)10-2)74(109)81-45(8)75(110)111/h14-16,18-19,23-26,38,42-45,50-57,61-63,79,93-94H,9-13,17,20-22,27-37,39-41,76-78H2,1-8H3,(H,80,99)(H,81,109)(H,82,96)(H,83,100)(H,84,106)(H,85,103)(H,86,107)(H,87,101)(H,88,105)(H,89,104)(H,90,95)(H,91,102)(H,92,108)(H,97,98)(H,110,111)/t44-,45-,50+,51-,52+,53-,54-,55+,56+,57-,61+,62-,63+/m0/s1. The van der Waals surface area contributed by atoms with Crippen LogP contribution in [0.2, 0.25) is 0 Å². The number of aromatic nitrogens is 1. The second kappa shape index (κ2) is 50.6. The molecule has 0 fully saturated rings. The van der Waals surface area contributed by atoms with Crippen LogP contribution in [0.5, 0.6) is 0 Å². The van der Waals surface area contributed by atoms with Crippen molar-refractivity contribution in [2.75, 3.05) is 39.4 Å². The number of carboxylic acid groups (broad SMARTS) is 2. The minimum Gasteiger partial charge on any atom is -0.481 e. The van der Waals surface area contributed by atoms with Crippen LogP contribution in [0, 0.1) is 17.8 Å². The van der Waals surface area contributed by atoms with Crippen LogP contribution in [0.15, 0.2) is 60.8 Å². The van der Waals surface area contributed by atoms with E-state index in [1.54, 1.807) is 102 Å². The Balaban J connectivity index is 1.90. The highest BCUT2D eigenvalue weighted by Crippen LogP contribution is 2.21. The minimum atomic E-state index is -1.86. The third-order valence-corrected chi connectivity index (χ3v) is 18.5. The topological polar surface area (TPSA) is 587 Å². The molecule has 1 aromatic heterocycles. The predicted octanol–water partition coefficient (Wildman–Crippen LogP) is -2.22. The molecule has 0 aliphatic rings. The molecule has 0 unspecified atom stereocenters. The quantitative estimate of drug-likeness (QED) is 0.0266. The molecule has 13 amide bonds. The van der Waals surface area contributed by atoms with Gasteiger partial charge in [-0.25, -0.2) is 0 Å². The molecule has 618 valence electrons. The molecule has 1 heterocycles. The molecule has 36 heteroatoms. The normalized spacial score (nSPS) is 14.8. The van der Waals surface area contributed by atoms with Crippen molar-refractivity contribution in [3.05, 3.63) is 71.9 Å². The van der Waals surface area contributed by atoms with E-state index in [9.17, 15) is 92.3 Å². The number of aliphatic hydroxyl groups is 2. The fourth-order valence-electron chi connectivity index (χ4n) is 11.7.